The molecule has 5 nitrogen and oxygen atoms in total. The smallest absolute Gasteiger partial charge is 0.266 e. The number of hydrogen-bond donors (Lipinski definition) is 1. The van der Waals surface area contributed by atoms with Crippen molar-refractivity contribution in [3.8, 4) is 10.4 Å². The highest BCUT2D eigenvalue weighted by Crippen LogP contribution is 2.30. The zero-order valence-electron chi connectivity index (χ0n) is 14.0. The Morgan fingerprint density at radius 1 is 1.31 bits per heavy atom. The van der Waals surface area contributed by atoms with E-state index in [9.17, 15) is 9.18 Å². The number of thiophene rings is 1. The molecule has 3 heterocycles. The Balaban J connectivity index is 1.48. The molecule has 1 amide bonds. The van der Waals surface area contributed by atoms with E-state index in [1.165, 1.54) is 17.4 Å². The summed E-state index contributed by atoms with van der Waals surface area (Å²) in [5, 5.41) is 7.19. The molecule has 0 saturated carbocycles. The highest BCUT2D eigenvalue weighted by molar-refractivity contribution is 7.17. The summed E-state index contributed by atoms with van der Waals surface area (Å²) in [6.07, 6.45) is 2.68. The average Bonchev–Trinajstić information content (AvgIpc) is 3.38. The van der Waals surface area contributed by atoms with Crippen LogP contribution in [0.3, 0.4) is 0 Å². The van der Waals surface area contributed by atoms with Crippen molar-refractivity contribution < 1.29 is 13.9 Å². The molecule has 26 heavy (non-hydrogen) atoms. The molecule has 1 unspecified atom stereocenters. The Bertz CT molecular complexity index is 915. The van der Waals surface area contributed by atoms with Crippen LogP contribution in [-0.4, -0.2) is 28.9 Å². The van der Waals surface area contributed by atoms with Gasteiger partial charge in [0.15, 0.2) is 0 Å². The normalized spacial score (nSPS) is 16.7. The standard InChI is InChI=1S/C19H18FN3O2S/c20-15-4-2-1-3-14(15)16-5-6-17(26-16)19(24)22-18-7-9-21-23(18)11-13-8-10-25-12-13/h1-7,9,13H,8,10-12H2,(H,22,24). The lowest BCUT2D eigenvalue weighted by atomic mass is 10.1. The molecule has 4 rings (SSSR count). The number of anilines is 1. The molecule has 0 aliphatic carbocycles. The van der Waals surface area contributed by atoms with E-state index in [2.05, 4.69) is 10.4 Å². The van der Waals surface area contributed by atoms with Crippen molar-refractivity contribution in [3.63, 3.8) is 0 Å². The number of carbonyl (C=O) groups excluding carboxylic acids is 1. The summed E-state index contributed by atoms with van der Waals surface area (Å²) in [4.78, 5) is 13.8. The summed E-state index contributed by atoms with van der Waals surface area (Å²) in [6.45, 7) is 2.22. The molecule has 2 aromatic heterocycles. The van der Waals surface area contributed by atoms with Crippen molar-refractivity contribution >= 4 is 23.1 Å². The maximum absolute atomic E-state index is 13.9. The average molecular weight is 371 g/mol. The summed E-state index contributed by atoms with van der Waals surface area (Å²) >= 11 is 1.27. The minimum absolute atomic E-state index is 0.220. The predicted molar refractivity (Wildman–Crippen MR) is 98.8 cm³/mol. The summed E-state index contributed by atoms with van der Waals surface area (Å²) in [5.41, 5.74) is 0.503. The Hall–Kier alpha value is -2.51. The van der Waals surface area contributed by atoms with Gasteiger partial charge in [-0.1, -0.05) is 18.2 Å². The van der Waals surface area contributed by atoms with E-state index in [0.717, 1.165) is 24.5 Å². The molecule has 1 atom stereocenters. The van der Waals surface area contributed by atoms with E-state index in [1.54, 1.807) is 47.3 Å². The molecule has 1 saturated heterocycles. The molecule has 0 radical (unpaired) electrons. The fraction of sp³-hybridized carbons (Fsp3) is 0.263. The largest absolute Gasteiger partial charge is 0.381 e. The van der Waals surface area contributed by atoms with Crippen LogP contribution in [0.5, 0.6) is 0 Å². The number of aromatic nitrogens is 2. The number of nitrogens with zero attached hydrogens (tertiary/aromatic N) is 2. The first-order valence-electron chi connectivity index (χ1n) is 8.46. The van der Waals surface area contributed by atoms with E-state index in [1.807, 2.05) is 0 Å². The van der Waals surface area contributed by atoms with E-state index < -0.39 is 0 Å². The zero-order chi connectivity index (χ0) is 17.9. The van der Waals surface area contributed by atoms with Crippen LogP contribution in [-0.2, 0) is 11.3 Å². The Labute approximate surface area is 154 Å². The van der Waals surface area contributed by atoms with E-state index >= 15 is 0 Å². The molecule has 1 aliphatic heterocycles. The lowest BCUT2D eigenvalue weighted by Gasteiger charge is -2.11. The first kappa shape index (κ1) is 16.9. The van der Waals surface area contributed by atoms with Crippen LogP contribution in [0.1, 0.15) is 16.1 Å². The molecule has 1 aliphatic rings. The Kier molecular flexibility index (Phi) is 4.81. The third kappa shape index (κ3) is 3.54. The summed E-state index contributed by atoms with van der Waals surface area (Å²) in [6, 6.07) is 11.8. The summed E-state index contributed by atoms with van der Waals surface area (Å²) < 4.78 is 21.1. The molecular weight excluding hydrogens is 353 g/mol. The number of hydrogen-bond acceptors (Lipinski definition) is 4. The zero-order valence-corrected chi connectivity index (χ0v) is 14.8. The van der Waals surface area contributed by atoms with Gasteiger partial charge in [-0.3, -0.25) is 4.79 Å². The SMILES string of the molecule is O=C(Nc1ccnn1CC1CCOC1)c1ccc(-c2ccccc2F)s1. The Morgan fingerprint density at radius 3 is 3.00 bits per heavy atom. The van der Waals surface area contributed by atoms with Gasteiger partial charge < -0.3 is 10.1 Å². The maximum atomic E-state index is 13.9. The van der Waals surface area contributed by atoms with Crippen LogP contribution < -0.4 is 5.32 Å². The molecular formula is C19H18FN3O2S. The monoisotopic (exact) mass is 371 g/mol. The number of halogens is 1. The summed E-state index contributed by atoms with van der Waals surface area (Å²) in [7, 11) is 0. The molecule has 1 N–H and O–H groups in total. The maximum Gasteiger partial charge on any atom is 0.266 e. The van der Waals surface area contributed by atoms with Gasteiger partial charge in [-0.05, 0) is 24.6 Å². The minimum Gasteiger partial charge on any atom is -0.381 e. The molecule has 1 aromatic carbocycles. The minimum atomic E-state index is -0.293. The number of carbonyl (C=O) groups is 1. The van der Waals surface area contributed by atoms with Crippen molar-refractivity contribution in [3.05, 3.63) is 59.4 Å². The van der Waals surface area contributed by atoms with Crippen LogP contribution in [0.2, 0.25) is 0 Å². The first-order chi connectivity index (χ1) is 12.7. The number of amides is 1. The van der Waals surface area contributed by atoms with Crippen LogP contribution in [0.25, 0.3) is 10.4 Å². The third-order valence-corrected chi connectivity index (χ3v) is 5.50. The molecule has 7 heteroatoms. The Morgan fingerprint density at radius 2 is 2.19 bits per heavy atom. The van der Waals surface area contributed by atoms with Gasteiger partial charge >= 0.3 is 0 Å². The highest BCUT2D eigenvalue weighted by atomic mass is 32.1. The lowest BCUT2D eigenvalue weighted by molar-refractivity contribution is 0.102. The molecule has 134 valence electrons. The molecule has 0 bridgehead atoms. The first-order valence-corrected chi connectivity index (χ1v) is 9.28. The van der Waals surface area contributed by atoms with Crippen LogP contribution >= 0.6 is 11.3 Å². The van der Waals surface area contributed by atoms with Gasteiger partial charge in [0.25, 0.3) is 5.91 Å². The van der Waals surface area contributed by atoms with Gasteiger partial charge in [-0.2, -0.15) is 5.10 Å². The second-order valence-electron chi connectivity index (χ2n) is 6.23. The quantitative estimate of drug-likeness (QED) is 0.736. The van der Waals surface area contributed by atoms with Gasteiger partial charge in [0.1, 0.15) is 11.6 Å². The van der Waals surface area contributed by atoms with Crippen molar-refractivity contribution in [2.75, 3.05) is 18.5 Å². The summed E-state index contributed by atoms with van der Waals surface area (Å²) in [5.74, 6) is 0.558. The molecule has 1 fully saturated rings. The lowest BCUT2D eigenvalue weighted by Crippen LogP contribution is -2.18. The van der Waals surface area contributed by atoms with Gasteiger partial charge in [0.2, 0.25) is 0 Å². The topological polar surface area (TPSA) is 56.2 Å². The van der Waals surface area contributed by atoms with Crippen molar-refractivity contribution in [1.82, 2.24) is 9.78 Å². The van der Waals surface area contributed by atoms with E-state index in [-0.39, 0.29) is 11.7 Å². The highest BCUT2D eigenvalue weighted by Gasteiger charge is 2.19. The third-order valence-electron chi connectivity index (χ3n) is 4.38. The second kappa shape index (κ2) is 7.39. The van der Waals surface area contributed by atoms with Crippen LogP contribution in [0, 0.1) is 11.7 Å². The van der Waals surface area contributed by atoms with E-state index in [0.29, 0.717) is 28.7 Å². The number of benzene rings is 1. The van der Waals surface area contributed by atoms with Crippen LogP contribution in [0.15, 0.2) is 48.7 Å². The van der Waals surface area contributed by atoms with Crippen LogP contribution in [0.4, 0.5) is 10.2 Å². The van der Waals surface area contributed by atoms with Crippen molar-refractivity contribution in [2.24, 2.45) is 5.92 Å². The molecule has 0 spiro atoms. The fourth-order valence-electron chi connectivity index (χ4n) is 3.00. The fourth-order valence-corrected chi connectivity index (χ4v) is 3.93. The van der Waals surface area contributed by atoms with Crippen molar-refractivity contribution in [1.29, 1.82) is 0 Å². The number of rotatable bonds is 5. The second-order valence-corrected chi connectivity index (χ2v) is 7.31. The number of ether oxygens (including phenoxy) is 1. The molecule has 3 aromatic rings. The predicted octanol–water partition coefficient (Wildman–Crippen LogP) is 4.04. The van der Waals surface area contributed by atoms with Gasteiger partial charge in [-0.25, -0.2) is 9.07 Å². The van der Waals surface area contributed by atoms with Gasteiger partial charge in [0.05, 0.1) is 17.7 Å². The van der Waals surface area contributed by atoms with E-state index in [4.69, 9.17) is 4.74 Å². The number of nitrogens with one attached hydrogen (secondary N) is 1. The van der Waals surface area contributed by atoms with Gasteiger partial charge in [-0.15, -0.1) is 11.3 Å². The van der Waals surface area contributed by atoms with Gasteiger partial charge in [0, 0.05) is 35.6 Å². The van der Waals surface area contributed by atoms with Crippen molar-refractivity contribution in [2.45, 2.75) is 13.0 Å².